The zero-order valence-electron chi connectivity index (χ0n) is 14.3. The molecule has 0 saturated heterocycles. The maximum atomic E-state index is 9.75. The Bertz CT molecular complexity index is 1080. The van der Waals surface area contributed by atoms with Crippen LogP contribution in [-0.4, -0.2) is 46.5 Å². The fraction of sp³-hybridized carbons (Fsp3) is 0.250. The smallest absolute Gasteiger partial charge is 0.233 e. The predicted octanol–water partition coefficient (Wildman–Crippen LogP) is 2.26. The Hall–Kier alpha value is -2.91. The first-order valence-corrected chi connectivity index (χ1v) is 8.21. The number of halogens is 1. The molecule has 4 rings (SSSR count). The Balaban J connectivity index is 2.07. The van der Waals surface area contributed by atoms with Crippen molar-refractivity contribution in [1.82, 2.24) is 34.3 Å². The maximum Gasteiger partial charge on any atom is 0.233 e. The molecule has 0 bridgehead atoms. The molecule has 0 radical (unpaired) electrons. The third-order valence-corrected chi connectivity index (χ3v) is 4.41. The van der Waals surface area contributed by atoms with Crippen LogP contribution in [0, 0.1) is 0 Å². The average Bonchev–Trinajstić information content (AvgIpc) is 3.34. The summed E-state index contributed by atoms with van der Waals surface area (Å²) < 4.78 is 9.00. The number of nitrogens with one attached hydrogen (secondary N) is 1. The lowest BCUT2D eigenvalue weighted by molar-refractivity contribution is 0.189. The van der Waals surface area contributed by atoms with Crippen molar-refractivity contribution >= 4 is 22.6 Å². The van der Waals surface area contributed by atoms with E-state index in [1.165, 1.54) is 7.11 Å². The van der Waals surface area contributed by atoms with Crippen LogP contribution in [0.3, 0.4) is 0 Å². The summed E-state index contributed by atoms with van der Waals surface area (Å²) in [6.07, 6.45) is 4.40. The van der Waals surface area contributed by atoms with E-state index in [4.69, 9.17) is 16.3 Å². The molecule has 0 spiro atoms. The van der Waals surface area contributed by atoms with Gasteiger partial charge < -0.3 is 19.0 Å². The number of hydrogen-bond donors (Lipinski definition) is 2. The lowest BCUT2D eigenvalue weighted by Crippen LogP contribution is -1.99. The highest BCUT2D eigenvalue weighted by Crippen LogP contribution is 2.37. The molecule has 26 heavy (non-hydrogen) atoms. The quantitative estimate of drug-likeness (QED) is 0.568. The lowest BCUT2D eigenvalue weighted by Gasteiger charge is -2.05. The Morgan fingerprint density at radius 1 is 1.35 bits per heavy atom. The number of H-pyrrole nitrogens is 1. The predicted molar refractivity (Wildman–Crippen MR) is 95.4 cm³/mol. The molecule has 4 aromatic rings. The number of pyridine rings is 1. The van der Waals surface area contributed by atoms with Gasteiger partial charge in [0.05, 0.1) is 19.0 Å². The zero-order valence-corrected chi connectivity index (χ0v) is 15.1. The number of aliphatic hydroxyl groups is 1. The van der Waals surface area contributed by atoms with Crippen LogP contribution in [0.25, 0.3) is 28.2 Å². The standard InChI is InChI=1S/C16H16ClN7O2/c1-8(25)14-20-15(22-21-14)13-12(24-5-4-18-7-24)11-10(23(13)2)6-9(17)16(19-11)26-3/h4-8,25H,1-3H3,(H,20,21,22). The maximum absolute atomic E-state index is 9.75. The van der Waals surface area contributed by atoms with Crippen molar-refractivity contribution in [3.05, 3.63) is 35.6 Å². The number of hydrogen-bond acceptors (Lipinski definition) is 6. The summed E-state index contributed by atoms with van der Waals surface area (Å²) in [5, 5.41) is 17.2. The minimum absolute atomic E-state index is 0.331. The number of aryl methyl sites for hydroxylation is 1. The second-order valence-electron chi connectivity index (χ2n) is 5.79. The van der Waals surface area contributed by atoms with Gasteiger partial charge in [0.2, 0.25) is 5.88 Å². The molecule has 0 aliphatic rings. The van der Waals surface area contributed by atoms with Crippen LogP contribution >= 0.6 is 11.6 Å². The molecular formula is C16H16ClN7O2. The molecular weight excluding hydrogens is 358 g/mol. The van der Waals surface area contributed by atoms with Crippen molar-refractivity contribution in [2.75, 3.05) is 7.11 Å². The Morgan fingerprint density at radius 2 is 2.15 bits per heavy atom. The molecule has 0 aliphatic heterocycles. The number of fused-ring (bicyclic) bond motifs is 1. The van der Waals surface area contributed by atoms with Crippen LogP contribution in [-0.2, 0) is 7.05 Å². The van der Waals surface area contributed by atoms with Gasteiger partial charge in [0.1, 0.15) is 28.0 Å². The highest BCUT2D eigenvalue weighted by atomic mass is 35.5. The largest absolute Gasteiger partial charge is 0.480 e. The average molecular weight is 374 g/mol. The highest BCUT2D eigenvalue weighted by Gasteiger charge is 2.24. The summed E-state index contributed by atoms with van der Waals surface area (Å²) >= 11 is 6.26. The van der Waals surface area contributed by atoms with Crippen LogP contribution < -0.4 is 4.74 Å². The monoisotopic (exact) mass is 373 g/mol. The molecule has 4 heterocycles. The van der Waals surface area contributed by atoms with Crippen molar-refractivity contribution in [3.63, 3.8) is 0 Å². The van der Waals surface area contributed by atoms with Gasteiger partial charge in [-0.15, -0.1) is 0 Å². The van der Waals surface area contributed by atoms with Gasteiger partial charge in [-0.3, -0.25) is 5.10 Å². The van der Waals surface area contributed by atoms with E-state index in [0.29, 0.717) is 33.8 Å². The highest BCUT2D eigenvalue weighted by molar-refractivity contribution is 6.32. The first-order valence-electron chi connectivity index (χ1n) is 7.83. The van der Waals surface area contributed by atoms with Gasteiger partial charge >= 0.3 is 0 Å². The van der Waals surface area contributed by atoms with Gasteiger partial charge in [-0.2, -0.15) is 5.10 Å². The van der Waals surface area contributed by atoms with Crippen molar-refractivity contribution in [2.24, 2.45) is 7.05 Å². The van der Waals surface area contributed by atoms with Gasteiger partial charge in [0.15, 0.2) is 11.6 Å². The van der Waals surface area contributed by atoms with Crippen molar-refractivity contribution in [1.29, 1.82) is 0 Å². The second-order valence-corrected chi connectivity index (χ2v) is 6.20. The van der Waals surface area contributed by atoms with Crippen molar-refractivity contribution in [2.45, 2.75) is 13.0 Å². The molecule has 0 aromatic carbocycles. The van der Waals surface area contributed by atoms with E-state index < -0.39 is 6.10 Å². The van der Waals surface area contributed by atoms with Crippen LogP contribution in [0.2, 0.25) is 5.02 Å². The van der Waals surface area contributed by atoms with E-state index in [1.807, 2.05) is 22.4 Å². The number of aliphatic hydroxyl groups excluding tert-OH is 1. The number of methoxy groups -OCH3 is 1. The van der Waals surface area contributed by atoms with Crippen LogP contribution in [0.5, 0.6) is 5.88 Å². The Labute approximate surface area is 153 Å². The molecule has 2 N–H and O–H groups in total. The SMILES string of the molecule is COc1nc2c(-n3ccnc3)c(-c3n[nH]c(C(C)O)n3)n(C)c2cc1Cl. The first kappa shape index (κ1) is 16.6. The van der Waals surface area contributed by atoms with E-state index in [2.05, 4.69) is 25.1 Å². The minimum Gasteiger partial charge on any atom is -0.480 e. The zero-order chi connectivity index (χ0) is 18.4. The fourth-order valence-corrected chi connectivity index (χ4v) is 3.11. The van der Waals surface area contributed by atoms with Crippen LogP contribution in [0.4, 0.5) is 0 Å². The number of imidazole rings is 1. The Kier molecular flexibility index (Phi) is 3.89. The van der Waals surface area contributed by atoms with Crippen molar-refractivity contribution < 1.29 is 9.84 Å². The molecule has 0 aliphatic carbocycles. The lowest BCUT2D eigenvalue weighted by atomic mass is 10.3. The summed E-state index contributed by atoms with van der Waals surface area (Å²) in [4.78, 5) is 13.1. The van der Waals surface area contributed by atoms with E-state index in [9.17, 15) is 5.11 Å². The number of nitrogens with zero attached hydrogens (tertiary/aromatic N) is 6. The number of aromatic nitrogens is 7. The summed E-state index contributed by atoms with van der Waals surface area (Å²) in [5.74, 6) is 1.14. The molecule has 0 saturated carbocycles. The molecule has 0 fully saturated rings. The Morgan fingerprint density at radius 3 is 2.77 bits per heavy atom. The number of aromatic amines is 1. The third kappa shape index (κ3) is 2.44. The van der Waals surface area contributed by atoms with Gasteiger partial charge in [0.25, 0.3) is 0 Å². The van der Waals surface area contributed by atoms with Crippen LogP contribution in [0.15, 0.2) is 24.8 Å². The van der Waals surface area contributed by atoms with Gasteiger partial charge in [-0.25, -0.2) is 15.0 Å². The number of rotatable bonds is 4. The van der Waals surface area contributed by atoms with E-state index in [0.717, 1.165) is 11.2 Å². The molecule has 1 atom stereocenters. The molecule has 10 heteroatoms. The van der Waals surface area contributed by atoms with Crippen LogP contribution in [0.1, 0.15) is 18.9 Å². The summed E-state index contributed by atoms with van der Waals surface area (Å²) in [6.45, 7) is 1.62. The third-order valence-electron chi connectivity index (χ3n) is 4.14. The molecule has 134 valence electrons. The summed E-state index contributed by atoms with van der Waals surface area (Å²) in [5.41, 5.74) is 2.91. The molecule has 4 aromatic heterocycles. The normalized spacial score (nSPS) is 12.7. The first-order chi connectivity index (χ1) is 12.5. The molecule has 9 nitrogen and oxygen atoms in total. The summed E-state index contributed by atoms with van der Waals surface area (Å²) in [6, 6.07) is 1.79. The van der Waals surface area contributed by atoms with E-state index >= 15 is 0 Å². The molecule has 0 amide bonds. The second kappa shape index (κ2) is 6.11. The fourth-order valence-electron chi connectivity index (χ4n) is 2.89. The number of ether oxygens (including phenoxy) is 1. The van der Waals surface area contributed by atoms with E-state index in [-0.39, 0.29) is 0 Å². The van der Waals surface area contributed by atoms with E-state index in [1.54, 1.807) is 25.5 Å². The van der Waals surface area contributed by atoms with Gasteiger partial charge in [0, 0.05) is 19.4 Å². The molecule has 1 unspecified atom stereocenters. The van der Waals surface area contributed by atoms with Gasteiger partial charge in [-0.1, -0.05) is 11.6 Å². The van der Waals surface area contributed by atoms with Crippen molar-refractivity contribution in [3.8, 4) is 23.1 Å². The summed E-state index contributed by atoms with van der Waals surface area (Å²) in [7, 11) is 3.39. The topological polar surface area (TPSA) is 107 Å². The van der Waals surface area contributed by atoms with Gasteiger partial charge in [-0.05, 0) is 13.0 Å². The minimum atomic E-state index is -0.754.